The molecule has 2 aromatic carbocycles. The lowest BCUT2D eigenvalue weighted by Gasteiger charge is -2.44. The molecule has 0 saturated carbocycles. The van der Waals surface area contributed by atoms with Crippen molar-refractivity contribution in [2.75, 3.05) is 51.0 Å². The van der Waals surface area contributed by atoms with E-state index in [-0.39, 0.29) is 0 Å². The lowest BCUT2D eigenvalue weighted by Crippen LogP contribution is -2.55. The van der Waals surface area contributed by atoms with Crippen LogP contribution >= 0.6 is 0 Å². The van der Waals surface area contributed by atoms with Gasteiger partial charge in [-0.1, -0.05) is 30.3 Å². The van der Waals surface area contributed by atoms with Gasteiger partial charge in [-0.3, -0.25) is 9.80 Å². The largest absolute Gasteiger partial charge is 0.454 e. The fourth-order valence-corrected chi connectivity index (χ4v) is 5.08. The molecule has 3 aliphatic rings. The Morgan fingerprint density at radius 3 is 2.66 bits per heavy atom. The van der Waals surface area contributed by atoms with Crippen molar-refractivity contribution in [3.8, 4) is 11.5 Å². The van der Waals surface area contributed by atoms with Gasteiger partial charge in [0.2, 0.25) is 6.79 Å². The number of benzene rings is 2. The van der Waals surface area contributed by atoms with Crippen LogP contribution in [-0.4, -0.2) is 61.9 Å². The third kappa shape index (κ3) is 3.94. The molecule has 29 heavy (non-hydrogen) atoms. The predicted octanol–water partition coefficient (Wildman–Crippen LogP) is 3.51. The summed E-state index contributed by atoms with van der Waals surface area (Å²) in [6.45, 7) is 10.4. The molecule has 2 aromatic rings. The van der Waals surface area contributed by atoms with E-state index < -0.39 is 0 Å². The average Bonchev–Trinajstić information content (AvgIpc) is 3.25. The number of likely N-dealkylation sites (tertiary alicyclic amines) is 1. The zero-order chi connectivity index (χ0) is 19.6. The summed E-state index contributed by atoms with van der Waals surface area (Å²) >= 11 is 0. The Kier molecular flexibility index (Phi) is 5.34. The molecule has 0 bridgehead atoms. The number of hydrogen-bond donors (Lipinski definition) is 0. The third-order valence-corrected chi connectivity index (χ3v) is 6.64. The maximum absolute atomic E-state index is 5.71. The summed E-state index contributed by atoms with van der Waals surface area (Å²) in [6.07, 6.45) is 2.59. The molecule has 3 heterocycles. The molecule has 2 saturated heterocycles. The summed E-state index contributed by atoms with van der Waals surface area (Å²) in [5, 5.41) is 0. The van der Waals surface area contributed by atoms with Crippen LogP contribution < -0.4 is 14.4 Å². The van der Waals surface area contributed by atoms with E-state index in [2.05, 4.69) is 58.0 Å². The quantitative estimate of drug-likeness (QED) is 0.793. The molecule has 0 radical (unpaired) electrons. The zero-order valence-electron chi connectivity index (χ0n) is 17.3. The molecule has 2 fully saturated rings. The van der Waals surface area contributed by atoms with E-state index in [1.165, 1.54) is 36.2 Å². The van der Waals surface area contributed by atoms with Crippen LogP contribution in [0.4, 0.5) is 5.69 Å². The molecule has 5 nitrogen and oxygen atoms in total. The third-order valence-electron chi connectivity index (χ3n) is 6.64. The number of aryl methyl sites for hydroxylation is 1. The number of para-hydroxylation sites is 2. The molecular formula is C24H31N3O2. The molecule has 0 aliphatic carbocycles. The highest BCUT2D eigenvalue weighted by Crippen LogP contribution is 2.36. The molecule has 0 N–H and O–H groups in total. The molecule has 0 spiro atoms. The van der Waals surface area contributed by atoms with E-state index in [1.54, 1.807) is 0 Å². The van der Waals surface area contributed by atoms with Crippen LogP contribution in [0, 0.1) is 6.92 Å². The summed E-state index contributed by atoms with van der Waals surface area (Å²) in [5.74, 6) is 1.84. The Labute approximate surface area is 173 Å². The molecule has 0 aromatic heterocycles. The Hall–Kier alpha value is -2.24. The molecule has 5 heteroatoms. The van der Waals surface area contributed by atoms with Crippen LogP contribution in [0.15, 0.2) is 42.5 Å². The van der Waals surface area contributed by atoms with Gasteiger partial charge in [-0.2, -0.15) is 0 Å². The maximum atomic E-state index is 5.71. The number of anilines is 1. The van der Waals surface area contributed by atoms with Crippen molar-refractivity contribution >= 4 is 5.69 Å². The number of hydrogen-bond acceptors (Lipinski definition) is 5. The lowest BCUT2D eigenvalue weighted by molar-refractivity contribution is 0.0880. The minimum absolute atomic E-state index is 0.347. The first-order chi connectivity index (χ1) is 14.3. The van der Waals surface area contributed by atoms with Gasteiger partial charge in [0, 0.05) is 56.6 Å². The summed E-state index contributed by atoms with van der Waals surface area (Å²) < 4.78 is 11.3. The monoisotopic (exact) mass is 393 g/mol. The first-order valence-electron chi connectivity index (χ1n) is 10.9. The highest BCUT2D eigenvalue weighted by Gasteiger charge is 2.29. The van der Waals surface area contributed by atoms with Crippen molar-refractivity contribution in [3.05, 3.63) is 53.6 Å². The van der Waals surface area contributed by atoms with Crippen molar-refractivity contribution in [1.29, 1.82) is 0 Å². The van der Waals surface area contributed by atoms with Crippen LogP contribution in [0.25, 0.3) is 0 Å². The van der Waals surface area contributed by atoms with Crippen molar-refractivity contribution in [1.82, 2.24) is 9.80 Å². The van der Waals surface area contributed by atoms with Gasteiger partial charge in [0.1, 0.15) is 0 Å². The molecular weight excluding hydrogens is 362 g/mol. The van der Waals surface area contributed by atoms with Crippen molar-refractivity contribution in [3.63, 3.8) is 0 Å². The molecule has 1 atom stereocenters. The summed E-state index contributed by atoms with van der Waals surface area (Å²) in [7, 11) is 0. The normalized spacial score (nSPS) is 22.8. The maximum Gasteiger partial charge on any atom is 0.231 e. The average molecular weight is 394 g/mol. The number of piperazine rings is 1. The fraction of sp³-hybridized carbons (Fsp3) is 0.500. The Bertz CT molecular complexity index is 848. The summed E-state index contributed by atoms with van der Waals surface area (Å²) in [4.78, 5) is 7.87. The lowest BCUT2D eigenvalue weighted by atomic mass is 10.0. The predicted molar refractivity (Wildman–Crippen MR) is 116 cm³/mol. The number of ether oxygens (including phenoxy) is 2. The molecule has 3 aliphatic heterocycles. The van der Waals surface area contributed by atoms with Crippen LogP contribution in [0.3, 0.4) is 0 Å². The number of nitrogens with zero attached hydrogens (tertiary/aromatic N) is 3. The SMILES string of the molecule is Cc1ccccc1N1CCN(C2CCCN(Cc3cccc4c3OCO4)C2)CC1. The van der Waals surface area contributed by atoms with Crippen LogP contribution in [-0.2, 0) is 6.54 Å². The number of piperidine rings is 1. The standard InChI is InChI=1S/C24H31N3O2/c1-19-6-2-3-9-22(19)27-14-12-26(13-15-27)21-8-5-11-25(17-21)16-20-7-4-10-23-24(20)29-18-28-23/h2-4,6-7,9-10,21H,5,8,11-18H2,1H3. The van der Waals surface area contributed by atoms with E-state index >= 15 is 0 Å². The Balaban J connectivity index is 1.19. The minimum Gasteiger partial charge on any atom is -0.454 e. The minimum atomic E-state index is 0.347. The van der Waals surface area contributed by atoms with Gasteiger partial charge in [-0.25, -0.2) is 0 Å². The Morgan fingerprint density at radius 2 is 1.79 bits per heavy atom. The van der Waals surface area contributed by atoms with Gasteiger partial charge in [0.25, 0.3) is 0 Å². The molecule has 1 unspecified atom stereocenters. The highest BCUT2D eigenvalue weighted by atomic mass is 16.7. The second kappa shape index (κ2) is 8.25. The summed E-state index contributed by atoms with van der Waals surface area (Å²) in [5.41, 5.74) is 4.04. The Morgan fingerprint density at radius 1 is 0.931 bits per heavy atom. The molecule has 5 rings (SSSR count). The smallest absolute Gasteiger partial charge is 0.231 e. The summed E-state index contributed by atoms with van der Waals surface area (Å²) in [6, 6.07) is 15.7. The van der Waals surface area contributed by atoms with Crippen molar-refractivity contribution in [2.24, 2.45) is 0 Å². The topological polar surface area (TPSA) is 28.2 Å². The van der Waals surface area contributed by atoms with Gasteiger partial charge in [0.05, 0.1) is 0 Å². The molecule has 0 amide bonds. The van der Waals surface area contributed by atoms with Gasteiger partial charge < -0.3 is 14.4 Å². The number of fused-ring (bicyclic) bond motifs is 1. The van der Waals surface area contributed by atoms with Gasteiger partial charge in [-0.15, -0.1) is 0 Å². The van der Waals surface area contributed by atoms with Gasteiger partial charge in [0.15, 0.2) is 11.5 Å². The first-order valence-corrected chi connectivity index (χ1v) is 10.9. The van der Waals surface area contributed by atoms with E-state index in [9.17, 15) is 0 Å². The van der Waals surface area contributed by atoms with E-state index in [0.717, 1.165) is 50.8 Å². The number of rotatable bonds is 4. The van der Waals surface area contributed by atoms with E-state index in [0.29, 0.717) is 12.8 Å². The van der Waals surface area contributed by atoms with Crippen LogP contribution in [0.5, 0.6) is 11.5 Å². The van der Waals surface area contributed by atoms with Crippen LogP contribution in [0.1, 0.15) is 24.0 Å². The van der Waals surface area contributed by atoms with E-state index in [1.807, 2.05) is 6.07 Å². The van der Waals surface area contributed by atoms with Crippen LogP contribution in [0.2, 0.25) is 0 Å². The van der Waals surface area contributed by atoms with Crippen molar-refractivity contribution in [2.45, 2.75) is 32.4 Å². The molecule has 154 valence electrons. The second-order valence-electron chi connectivity index (χ2n) is 8.49. The zero-order valence-corrected chi connectivity index (χ0v) is 17.3. The first kappa shape index (κ1) is 18.8. The van der Waals surface area contributed by atoms with Gasteiger partial charge >= 0.3 is 0 Å². The second-order valence-corrected chi connectivity index (χ2v) is 8.49. The van der Waals surface area contributed by atoms with Crippen molar-refractivity contribution < 1.29 is 9.47 Å². The fourth-order valence-electron chi connectivity index (χ4n) is 5.08. The van der Waals surface area contributed by atoms with E-state index in [4.69, 9.17) is 9.47 Å². The van der Waals surface area contributed by atoms with Gasteiger partial charge in [-0.05, 0) is 44.0 Å². The highest BCUT2D eigenvalue weighted by molar-refractivity contribution is 5.53.